The van der Waals surface area contributed by atoms with E-state index >= 15 is 0 Å². The van der Waals surface area contributed by atoms with Crippen molar-refractivity contribution < 1.29 is 14.7 Å². The van der Waals surface area contributed by atoms with Crippen molar-refractivity contribution in [1.82, 2.24) is 0 Å². The highest BCUT2D eigenvalue weighted by Crippen LogP contribution is 2.14. The molecule has 0 bridgehead atoms. The molecule has 0 heterocycles. The largest absolute Gasteiger partial charge is 0.481 e. The maximum Gasteiger partial charge on any atom is 0.307 e. The van der Waals surface area contributed by atoms with Crippen LogP contribution in [0.15, 0.2) is 24.3 Å². The molecule has 0 fully saturated rings. The van der Waals surface area contributed by atoms with Crippen LogP contribution in [0, 0.1) is 5.92 Å². The van der Waals surface area contributed by atoms with Crippen molar-refractivity contribution in [2.75, 3.05) is 5.32 Å². The number of hydrogen-bond acceptors (Lipinski definition) is 2. The number of rotatable bonds is 6. The SMILES string of the molecule is CCCC(C)C(=O)Nc1cccc(CC(=O)O)c1. The van der Waals surface area contributed by atoms with Gasteiger partial charge in [0, 0.05) is 11.6 Å². The second-order valence-corrected chi connectivity index (χ2v) is 4.45. The van der Waals surface area contributed by atoms with Crippen molar-refractivity contribution in [2.45, 2.75) is 33.1 Å². The molecule has 0 aliphatic rings. The molecule has 0 aliphatic heterocycles. The Balaban J connectivity index is 2.67. The van der Waals surface area contributed by atoms with Gasteiger partial charge in [0.2, 0.25) is 5.91 Å². The van der Waals surface area contributed by atoms with Gasteiger partial charge in [-0.2, -0.15) is 0 Å². The van der Waals surface area contributed by atoms with E-state index in [-0.39, 0.29) is 18.2 Å². The quantitative estimate of drug-likeness (QED) is 0.814. The summed E-state index contributed by atoms with van der Waals surface area (Å²) in [5, 5.41) is 11.5. The fraction of sp³-hybridized carbons (Fsp3) is 0.429. The number of carboxylic acid groups (broad SMARTS) is 1. The molecule has 0 spiro atoms. The Morgan fingerprint density at radius 3 is 2.72 bits per heavy atom. The van der Waals surface area contributed by atoms with Gasteiger partial charge in [-0.1, -0.05) is 32.4 Å². The van der Waals surface area contributed by atoms with Gasteiger partial charge in [-0.25, -0.2) is 0 Å². The van der Waals surface area contributed by atoms with Gasteiger partial charge in [-0.05, 0) is 24.1 Å². The topological polar surface area (TPSA) is 66.4 Å². The average molecular weight is 249 g/mol. The van der Waals surface area contributed by atoms with Gasteiger partial charge in [0.15, 0.2) is 0 Å². The number of carbonyl (C=O) groups is 2. The standard InChI is InChI=1S/C14H19NO3/c1-3-5-10(2)14(18)15-12-7-4-6-11(8-12)9-13(16)17/h4,6-8,10H,3,5,9H2,1-2H3,(H,15,18)(H,16,17). The molecular weight excluding hydrogens is 230 g/mol. The summed E-state index contributed by atoms with van der Waals surface area (Å²) in [6, 6.07) is 6.95. The predicted octanol–water partition coefficient (Wildman–Crippen LogP) is 2.69. The zero-order valence-electron chi connectivity index (χ0n) is 10.8. The van der Waals surface area contributed by atoms with Crippen LogP contribution in [0.25, 0.3) is 0 Å². The Hall–Kier alpha value is -1.84. The summed E-state index contributed by atoms with van der Waals surface area (Å²) in [5.74, 6) is -0.930. The minimum absolute atomic E-state index is 0.0238. The van der Waals surface area contributed by atoms with Gasteiger partial charge >= 0.3 is 5.97 Å². The molecule has 0 saturated carbocycles. The zero-order valence-corrected chi connectivity index (χ0v) is 10.8. The van der Waals surface area contributed by atoms with Crippen LogP contribution < -0.4 is 5.32 Å². The van der Waals surface area contributed by atoms with Crippen molar-refractivity contribution >= 4 is 17.6 Å². The zero-order chi connectivity index (χ0) is 13.5. The molecule has 1 aromatic rings. The summed E-state index contributed by atoms with van der Waals surface area (Å²) in [6.07, 6.45) is 1.78. The number of nitrogens with one attached hydrogen (secondary N) is 1. The van der Waals surface area contributed by atoms with E-state index in [1.807, 2.05) is 13.8 Å². The first-order valence-corrected chi connectivity index (χ1v) is 6.14. The summed E-state index contributed by atoms with van der Waals surface area (Å²) >= 11 is 0. The lowest BCUT2D eigenvalue weighted by Gasteiger charge is -2.11. The molecule has 18 heavy (non-hydrogen) atoms. The third kappa shape index (κ3) is 4.57. The van der Waals surface area contributed by atoms with E-state index in [0.29, 0.717) is 11.3 Å². The molecular formula is C14H19NO3. The number of carbonyl (C=O) groups excluding carboxylic acids is 1. The van der Waals surface area contributed by atoms with Gasteiger partial charge in [-0.15, -0.1) is 0 Å². The monoisotopic (exact) mass is 249 g/mol. The van der Waals surface area contributed by atoms with E-state index < -0.39 is 5.97 Å². The first kappa shape index (κ1) is 14.2. The molecule has 1 rings (SSSR count). The number of benzene rings is 1. The van der Waals surface area contributed by atoms with Crippen LogP contribution in [-0.2, 0) is 16.0 Å². The molecule has 0 aliphatic carbocycles. The summed E-state index contributed by atoms with van der Waals surface area (Å²) in [6.45, 7) is 3.93. The Morgan fingerprint density at radius 2 is 2.11 bits per heavy atom. The lowest BCUT2D eigenvalue weighted by molar-refractivity contribution is -0.136. The van der Waals surface area contributed by atoms with E-state index in [1.54, 1.807) is 24.3 Å². The predicted molar refractivity (Wildman–Crippen MR) is 70.5 cm³/mol. The van der Waals surface area contributed by atoms with E-state index in [1.165, 1.54) is 0 Å². The summed E-state index contributed by atoms with van der Waals surface area (Å²) in [4.78, 5) is 22.4. The molecule has 98 valence electrons. The lowest BCUT2D eigenvalue weighted by atomic mass is 10.1. The fourth-order valence-corrected chi connectivity index (χ4v) is 1.76. The number of amides is 1. The molecule has 0 saturated heterocycles. The molecule has 0 radical (unpaired) electrons. The van der Waals surface area contributed by atoms with E-state index in [0.717, 1.165) is 12.8 Å². The Morgan fingerprint density at radius 1 is 1.39 bits per heavy atom. The molecule has 4 heteroatoms. The van der Waals surface area contributed by atoms with Crippen LogP contribution in [-0.4, -0.2) is 17.0 Å². The fourth-order valence-electron chi connectivity index (χ4n) is 1.76. The smallest absolute Gasteiger partial charge is 0.307 e. The van der Waals surface area contributed by atoms with Gasteiger partial charge in [0.1, 0.15) is 0 Å². The van der Waals surface area contributed by atoms with Crippen molar-refractivity contribution in [2.24, 2.45) is 5.92 Å². The number of anilines is 1. The Bertz CT molecular complexity index is 429. The highest BCUT2D eigenvalue weighted by molar-refractivity contribution is 5.92. The van der Waals surface area contributed by atoms with Crippen molar-refractivity contribution in [3.05, 3.63) is 29.8 Å². The van der Waals surface area contributed by atoms with Gasteiger partial charge in [0.25, 0.3) is 0 Å². The minimum Gasteiger partial charge on any atom is -0.481 e. The third-order valence-electron chi connectivity index (χ3n) is 2.72. The maximum absolute atomic E-state index is 11.8. The van der Waals surface area contributed by atoms with E-state index in [9.17, 15) is 9.59 Å². The van der Waals surface area contributed by atoms with Crippen molar-refractivity contribution in [3.8, 4) is 0 Å². The summed E-state index contributed by atoms with van der Waals surface area (Å²) < 4.78 is 0. The Kier molecular flexibility index (Phi) is 5.36. The second-order valence-electron chi connectivity index (χ2n) is 4.45. The first-order chi connectivity index (χ1) is 8.52. The summed E-state index contributed by atoms with van der Waals surface area (Å²) in [5.41, 5.74) is 1.34. The molecule has 2 N–H and O–H groups in total. The van der Waals surface area contributed by atoms with E-state index in [4.69, 9.17) is 5.11 Å². The molecule has 1 unspecified atom stereocenters. The lowest BCUT2D eigenvalue weighted by Crippen LogP contribution is -2.20. The number of carboxylic acids is 1. The molecule has 1 aromatic carbocycles. The van der Waals surface area contributed by atoms with Crippen LogP contribution in [0.5, 0.6) is 0 Å². The first-order valence-electron chi connectivity index (χ1n) is 6.14. The van der Waals surface area contributed by atoms with Crippen LogP contribution in [0.1, 0.15) is 32.3 Å². The molecule has 1 amide bonds. The normalized spacial score (nSPS) is 11.9. The second kappa shape index (κ2) is 6.79. The van der Waals surface area contributed by atoms with Gasteiger partial charge in [0.05, 0.1) is 6.42 Å². The molecule has 0 aromatic heterocycles. The number of aliphatic carboxylic acids is 1. The van der Waals surface area contributed by atoms with Crippen LogP contribution in [0.4, 0.5) is 5.69 Å². The van der Waals surface area contributed by atoms with Crippen LogP contribution in [0.2, 0.25) is 0 Å². The van der Waals surface area contributed by atoms with Crippen molar-refractivity contribution in [1.29, 1.82) is 0 Å². The summed E-state index contributed by atoms with van der Waals surface area (Å²) in [7, 11) is 0. The van der Waals surface area contributed by atoms with Gasteiger partial charge < -0.3 is 10.4 Å². The molecule has 1 atom stereocenters. The van der Waals surface area contributed by atoms with E-state index in [2.05, 4.69) is 5.32 Å². The third-order valence-corrected chi connectivity index (χ3v) is 2.72. The average Bonchev–Trinajstić information content (AvgIpc) is 2.28. The Labute approximate surface area is 107 Å². The maximum atomic E-state index is 11.8. The highest BCUT2D eigenvalue weighted by Gasteiger charge is 2.12. The number of hydrogen-bond donors (Lipinski definition) is 2. The van der Waals surface area contributed by atoms with Gasteiger partial charge in [-0.3, -0.25) is 9.59 Å². The van der Waals surface area contributed by atoms with Crippen molar-refractivity contribution in [3.63, 3.8) is 0 Å². The highest BCUT2D eigenvalue weighted by atomic mass is 16.4. The van der Waals surface area contributed by atoms with Crippen LogP contribution >= 0.6 is 0 Å². The minimum atomic E-state index is -0.877. The molecule has 4 nitrogen and oxygen atoms in total. The van der Waals surface area contributed by atoms with Crippen LogP contribution in [0.3, 0.4) is 0 Å².